The predicted octanol–water partition coefficient (Wildman–Crippen LogP) is 2.81. The van der Waals surface area contributed by atoms with Crippen LogP contribution < -0.4 is 16.0 Å². The van der Waals surface area contributed by atoms with Crippen LogP contribution in [0.1, 0.15) is 5.56 Å². The molecule has 7 nitrogen and oxygen atoms in total. The van der Waals surface area contributed by atoms with Crippen LogP contribution in [0.4, 0.5) is 16.3 Å². The van der Waals surface area contributed by atoms with E-state index >= 15 is 0 Å². The lowest BCUT2D eigenvalue weighted by atomic mass is 10.2. The van der Waals surface area contributed by atoms with Crippen molar-refractivity contribution in [1.82, 2.24) is 20.1 Å². The van der Waals surface area contributed by atoms with Gasteiger partial charge in [0.1, 0.15) is 5.82 Å². The van der Waals surface area contributed by atoms with E-state index in [0.29, 0.717) is 18.9 Å². The Morgan fingerprint density at radius 3 is 2.52 bits per heavy atom. The maximum absolute atomic E-state index is 11.9. The summed E-state index contributed by atoms with van der Waals surface area (Å²) in [5, 5.41) is 17.0. The molecule has 0 atom stereocenters. The average molecular weight is 336 g/mol. The molecule has 7 heteroatoms. The number of nitrogens with zero attached hydrogens (tertiary/aromatic N) is 3. The first kappa shape index (κ1) is 16.5. The van der Waals surface area contributed by atoms with Crippen molar-refractivity contribution in [1.29, 1.82) is 0 Å². The summed E-state index contributed by atoms with van der Waals surface area (Å²) >= 11 is 0. The first-order valence-electron chi connectivity index (χ1n) is 8.04. The van der Waals surface area contributed by atoms with Gasteiger partial charge in [0.05, 0.1) is 0 Å². The van der Waals surface area contributed by atoms with Crippen molar-refractivity contribution < 1.29 is 4.79 Å². The van der Waals surface area contributed by atoms with E-state index in [4.69, 9.17) is 0 Å². The third kappa shape index (κ3) is 4.57. The third-order valence-corrected chi connectivity index (χ3v) is 3.63. The highest BCUT2D eigenvalue weighted by Gasteiger charge is 2.03. The van der Waals surface area contributed by atoms with Gasteiger partial charge >= 0.3 is 6.03 Å². The van der Waals surface area contributed by atoms with E-state index in [-0.39, 0.29) is 6.03 Å². The van der Waals surface area contributed by atoms with Crippen LogP contribution in [0.5, 0.6) is 0 Å². The molecule has 128 valence electrons. The quantitative estimate of drug-likeness (QED) is 0.604. The minimum absolute atomic E-state index is 0.231. The minimum Gasteiger partial charge on any atom is -0.367 e. The zero-order valence-electron chi connectivity index (χ0n) is 13.9. The zero-order chi connectivity index (χ0) is 17.5. The van der Waals surface area contributed by atoms with E-state index < -0.39 is 0 Å². The van der Waals surface area contributed by atoms with Crippen molar-refractivity contribution in [2.75, 3.05) is 23.7 Å². The van der Waals surface area contributed by atoms with Gasteiger partial charge in [-0.05, 0) is 42.8 Å². The van der Waals surface area contributed by atoms with Gasteiger partial charge in [-0.1, -0.05) is 18.2 Å². The van der Waals surface area contributed by atoms with Gasteiger partial charge in [0, 0.05) is 31.2 Å². The van der Waals surface area contributed by atoms with Crippen LogP contribution in [0.2, 0.25) is 0 Å². The molecule has 0 aliphatic rings. The SMILES string of the molecule is Cc1ccccc1NC(=O)NCCNc1ccc(-n2cccc2)nn1. The lowest BCUT2D eigenvalue weighted by molar-refractivity contribution is 0.252. The van der Waals surface area contributed by atoms with Crippen molar-refractivity contribution in [2.45, 2.75) is 6.92 Å². The van der Waals surface area contributed by atoms with Gasteiger partial charge in [-0.25, -0.2) is 4.79 Å². The van der Waals surface area contributed by atoms with Crippen molar-refractivity contribution >= 4 is 17.5 Å². The van der Waals surface area contributed by atoms with Gasteiger partial charge < -0.3 is 20.5 Å². The standard InChI is InChI=1S/C18H20N6O/c1-14-6-2-3-7-15(14)21-18(25)20-11-10-19-16-8-9-17(23-22-16)24-12-4-5-13-24/h2-9,12-13H,10-11H2,1H3,(H,19,22)(H2,20,21,25). The second-order valence-electron chi connectivity index (χ2n) is 5.49. The minimum atomic E-state index is -0.231. The van der Waals surface area contributed by atoms with Crippen LogP contribution in [0.15, 0.2) is 60.9 Å². The molecule has 0 unspecified atom stereocenters. The van der Waals surface area contributed by atoms with Crippen molar-refractivity contribution in [3.8, 4) is 5.82 Å². The fraction of sp³-hybridized carbons (Fsp3) is 0.167. The fourth-order valence-electron chi connectivity index (χ4n) is 2.29. The zero-order valence-corrected chi connectivity index (χ0v) is 13.9. The summed E-state index contributed by atoms with van der Waals surface area (Å²) in [6.45, 7) is 2.98. The molecule has 0 fully saturated rings. The number of anilines is 2. The van der Waals surface area contributed by atoms with Crippen LogP contribution in [-0.2, 0) is 0 Å². The first-order valence-corrected chi connectivity index (χ1v) is 8.04. The van der Waals surface area contributed by atoms with Crippen LogP contribution in [0.3, 0.4) is 0 Å². The number of aryl methyl sites for hydroxylation is 1. The molecule has 0 spiro atoms. The second kappa shape index (κ2) is 7.96. The Balaban J connectivity index is 1.41. The predicted molar refractivity (Wildman–Crippen MR) is 98.0 cm³/mol. The smallest absolute Gasteiger partial charge is 0.319 e. The summed E-state index contributed by atoms with van der Waals surface area (Å²) in [7, 11) is 0. The number of para-hydroxylation sites is 1. The molecule has 2 heterocycles. The number of carbonyl (C=O) groups excluding carboxylic acids is 1. The molecule has 0 radical (unpaired) electrons. The summed E-state index contributed by atoms with van der Waals surface area (Å²) < 4.78 is 1.88. The summed E-state index contributed by atoms with van der Waals surface area (Å²) in [5.74, 6) is 1.42. The number of nitrogens with one attached hydrogen (secondary N) is 3. The van der Waals surface area contributed by atoms with Crippen LogP contribution in [-0.4, -0.2) is 33.9 Å². The van der Waals surface area contributed by atoms with E-state index in [1.807, 2.05) is 72.4 Å². The van der Waals surface area contributed by atoms with Crippen molar-refractivity contribution in [3.05, 3.63) is 66.5 Å². The molecular formula is C18H20N6O. The monoisotopic (exact) mass is 336 g/mol. The summed E-state index contributed by atoms with van der Waals surface area (Å²) in [5.41, 5.74) is 1.83. The second-order valence-corrected chi connectivity index (χ2v) is 5.49. The van der Waals surface area contributed by atoms with E-state index in [9.17, 15) is 4.79 Å². The Morgan fingerprint density at radius 1 is 1.00 bits per heavy atom. The Labute approximate surface area is 146 Å². The van der Waals surface area contributed by atoms with Crippen molar-refractivity contribution in [3.63, 3.8) is 0 Å². The Morgan fingerprint density at radius 2 is 1.80 bits per heavy atom. The molecule has 0 bridgehead atoms. The lowest BCUT2D eigenvalue weighted by Crippen LogP contribution is -2.32. The van der Waals surface area contributed by atoms with Gasteiger partial charge in [0.15, 0.2) is 5.82 Å². The molecule has 2 amide bonds. The number of amides is 2. The summed E-state index contributed by atoms with van der Waals surface area (Å²) in [6, 6.07) is 15.0. The number of benzene rings is 1. The molecule has 3 aromatic rings. The highest BCUT2D eigenvalue weighted by molar-refractivity contribution is 5.90. The number of hydrogen-bond acceptors (Lipinski definition) is 4. The van der Waals surface area contributed by atoms with Crippen molar-refractivity contribution in [2.24, 2.45) is 0 Å². The summed E-state index contributed by atoms with van der Waals surface area (Å²) in [4.78, 5) is 11.9. The number of hydrogen-bond donors (Lipinski definition) is 3. The normalized spacial score (nSPS) is 10.3. The van der Waals surface area contributed by atoms with E-state index in [1.165, 1.54) is 0 Å². The number of carbonyl (C=O) groups is 1. The van der Waals surface area contributed by atoms with Gasteiger partial charge in [-0.15, -0.1) is 10.2 Å². The van der Waals surface area contributed by atoms with E-state index in [2.05, 4.69) is 26.1 Å². The topological polar surface area (TPSA) is 83.9 Å². The molecular weight excluding hydrogens is 316 g/mol. The molecule has 0 saturated carbocycles. The third-order valence-electron chi connectivity index (χ3n) is 3.63. The molecule has 1 aromatic carbocycles. The number of aromatic nitrogens is 3. The Kier molecular flexibility index (Phi) is 5.26. The highest BCUT2D eigenvalue weighted by atomic mass is 16.2. The Hall–Kier alpha value is -3.35. The Bertz CT molecular complexity index is 814. The average Bonchev–Trinajstić information content (AvgIpc) is 3.16. The van der Waals surface area contributed by atoms with Crippen LogP contribution in [0, 0.1) is 6.92 Å². The van der Waals surface area contributed by atoms with Crippen LogP contribution >= 0.6 is 0 Å². The maximum Gasteiger partial charge on any atom is 0.319 e. The number of urea groups is 1. The van der Waals surface area contributed by atoms with Gasteiger partial charge in [0.2, 0.25) is 0 Å². The molecule has 0 saturated heterocycles. The molecule has 3 rings (SSSR count). The van der Waals surface area contributed by atoms with Crippen LogP contribution in [0.25, 0.3) is 5.82 Å². The van der Waals surface area contributed by atoms with Gasteiger partial charge in [0.25, 0.3) is 0 Å². The fourth-order valence-corrected chi connectivity index (χ4v) is 2.29. The molecule has 25 heavy (non-hydrogen) atoms. The van der Waals surface area contributed by atoms with Gasteiger partial charge in [-0.2, -0.15) is 0 Å². The number of rotatable bonds is 6. The maximum atomic E-state index is 11.9. The summed E-state index contributed by atoms with van der Waals surface area (Å²) in [6.07, 6.45) is 3.82. The largest absolute Gasteiger partial charge is 0.367 e. The van der Waals surface area contributed by atoms with Gasteiger partial charge in [-0.3, -0.25) is 0 Å². The lowest BCUT2D eigenvalue weighted by Gasteiger charge is -2.10. The van der Waals surface area contributed by atoms with E-state index in [0.717, 1.165) is 17.1 Å². The van der Waals surface area contributed by atoms with E-state index in [1.54, 1.807) is 0 Å². The highest BCUT2D eigenvalue weighted by Crippen LogP contribution is 2.12. The first-order chi connectivity index (χ1) is 12.2. The molecule has 0 aliphatic heterocycles. The molecule has 0 aliphatic carbocycles. The molecule has 2 aromatic heterocycles. The molecule has 3 N–H and O–H groups in total.